The zero-order valence-corrected chi connectivity index (χ0v) is 22.2. The van der Waals surface area contributed by atoms with E-state index in [2.05, 4.69) is 63.3 Å². The van der Waals surface area contributed by atoms with Crippen molar-refractivity contribution >= 4 is 28.9 Å². The van der Waals surface area contributed by atoms with Crippen LogP contribution >= 0.6 is 0 Å². The first kappa shape index (κ1) is 24.8. The normalized spacial score (nSPS) is 15.9. The number of hydrogen-bond donors (Lipinski definition) is 1. The molecule has 0 atom stereocenters. The highest BCUT2D eigenvalue weighted by Crippen LogP contribution is 2.29. The second-order valence-electron chi connectivity index (χ2n) is 10.2. The van der Waals surface area contributed by atoms with Gasteiger partial charge < -0.3 is 10.2 Å². The number of aliphatic imine (C=N–C) groups is 1. The monoisotopic (exact) mass is 514 g/mol. The number of pyridine rings is 1. The van der Waals surface area contributed by atoms with Crippen molar-refractivity contribution in [2.24, 2.45) is 4.99 Å². The molecule has 1 saturated heterocycles. The molecule has 2 aliphatic rings. The fourth-order valence-corrected chi connectivity index (χ4v) is 5.12. The summed E-state index contributed by atoms with van der Waals surface area (Å²) in [5.74, 6) is 7.15. The predicted molar refractivity (Wildman–Crippen MR) is 157 cm³/mol. The number of fused-ring (bicyclic) bond motifs is 1. The molecule has 4 heterocycles. The Hall–Kier alpha value is -4.54. The molecule has 2 aliphatic heterocycles. The maximum atomic E-state index is 13.7. The molecule has 0 bridgehead atoms. The number of nitrogens with zero attached hydrogens (tertiary/aromatic N) is 5. The molecule has 2 aromatic carbocycles. The average Bonchev–Trinajstić information content (AvgIpc) is 3.38. The Morgan fingerprint density at radius 3 is 2.49 bits per heavy atom. The van der Waals surface area contributed by atoms with Gasteiger partial charge in [0.2, 0.25) is 5.95 Å². The zero-order chi connectivity index (χ0) is 26.8. The third kappa shape index (κ3) is 5.25. The van der Waals surface area contributed by atoms with Crippen molar-refractivity contribution in [2.75, 3.05) is 25.5 Å². The molecule has 7 nitrogen and oxygen atoms in total. The highest BCUT2D eigenvalue weighted by Gasteiger charge is 2.18. The van der Waals surface area contributed by atoms with E-state index in [0.29, 0.717) is 23.1 Å². The summed E-state index contributed by atoms with van der Waals surface area (Å²) < 4.78 is 1.61. The summed E-state index contributed by atoms with van der Waals surface area (Å²) in [5, 5.41) is 4.05. The van der Waals surface area contributed by atoms with Crippen LogP contribution in [-0.4, -0.2) is 45.8 Å². The van der Waals surface area contributed by atoms with Gasteiger partial charge in [0.05, 0.1) is 11.3 Å². The van der Waals surface area contributed by atoms with E-state index in [1.807, 2.05) is 43.5 Å². The summed E-state index contributed by atoms with van der Waals surface area (Å²) >= 11 is 0. The SMILES string of the molecule is CC1=C(C#Cc2cc3cnc(Nc4ccc(C5CCN(C)CC5)cc4)nc3n(-c3ccccc3)c2=O)N=CC1. The Morgan fingerprint density at radius 2 is 1.77 bits per heavy atom. The summed E-state index contributed by atoms with van der Waals surface area (Å²) in [7, 11) is 2.18. The molecule has 4 aromatic rings. The molecule has 39 heavy (non-hydrogen) atoms. The number of benzene rings is 2. The number of piperidine rings is 1. The van der Waals surface area contributed by atoms with Gasteiger partial charge in [-0.15, -0.1) is 0 Å². The zero-order valence-electron chi connectivity index (χ0n) is 22.2. The van der Waals surface area contributed by atoms with Gasteiger partial charge >= 0.3 is 0 Å². The first-order valence-electron chi connectivity index (χ1n) is 13.3. The fourth-order valence-electron chi connectivity index (χ4n) is 5.12. The number of aromatic nitrogens is 3. The van der Waals surface area contributed by atoms with Gasteiger partial charge in [0.25, 0.3) is 5.56 Å². The molecule has 0 radical (unpaired) electrons. The average molecular weight is 515 g/mol. The van der Waals surface area contributed by atoms with E-state index in [1.54, 1.807) is 16.8 Å². The van der Waals surface area contributed by atoms with Gasteiger partial charge in [0.15, 0.2) is 5.65 Å². The Bertz CT molecular complexity index is 1700. The lowest BCUT2D eigenvalue weighted by molar-refractivity contribution is 0.255. The highest BCUT2D eigenvalue weighted by molar-refractivity contribution is 5.79. The van der Waals surface area contributed by atoms with Crippen molar-refractivity contribution in [1.82, 2.24) is 19.4 Å². The number of anilines is 2. The molecular formula is C32H30N6O. The Morgan fingerprint density at radius 1 is 1.00 bits per heavy atom. The lowest BCUT2D eigenvalue weighted by atomic mass is 9.89. The van der Waals surface area contributed by atoms with Gasteiger partial charge in [0.1, 0.15) is 5.70 Å². The molecule has 1 N–H and O–H groups in total. The van der Waals surface area contributed by atoms with Crippen molar-refractivity contribution in [3.63, 3.8) is 0 Å². The van der Waals surface area contributed by atoms with Crippen LogP contribution in [0.1, 0.15) is 43.2 Å². The van der Waals surface area contributed by atoms with Crippen molar-refractivity contribution in [2.45, 2.75) is 32.1 Å². The van der Waals surface area contributed by atoms with E-state index in [1.165, 1.54) is 18.4 Å². The number of para-hydroxylation sites is 1. The molecule has 2 aromatic heterocycles. The molecule has 0 aliphatic carbocycles. The van der Waals surface area contributed by atoms with Crippen molar-refractivity contribution < 1.29 is 0 Å². The Kier molecular flexibility index (Phi) is 6.78. The topological polar surface area (TPSA) is 75.4 Å². The first-order valence-corrected chi connectivity index (χ1v) is 13.3. The molecular weight excluding hydrogens is 484 g/mol. The van der Waals surface area contributed by atoms with Crippen molar-refractivity contribution in [1.29, 1.82) is 0 Å². The van der Waals surface area contributed by atoms with Crippen LogP contribution in [0, 0.1) is 11.8 Å². The number of hydrogen-bond acceptors (Lipinski definition) is 6. The van der Waals surface area contributed by atoms with E-state index in [9.17, 15) is 4.79 Å². The fraction of sp³-hybridized carbons (Fsp3) is 0.250. The Labute approximate surface area is 228 Å². The van der Waals surface area contributed by atoms with Crippen molar-refractivity contribution in [3.05, 3.63) is 99.6 Å². The molecule has 6 rings (SSSR count). The number of rotatable bonds is 4. The quantitative estimate of drug-likeness (QED) is 0.368. The molecule has 1 fully saturated rings. The van der Waals surface area contributed by atoms with Crippen LogP contribution in [-0.2, 0) is 0 Å². The summed E-state index contributed by atoms with van der Waals surface area (Å²) in [6.45, 7) is 4.28. The van der Waals surface area contributed by atoms with Crippen LogP contribution in [0.2, 0.25) is 0 Å². The van der Waals surface area contributed by atoms with E-state index < -0.39 is 0 Å². The first-order chi connectivity index (χ1) is 19.0. The number of likely N-dealkylation sites (tertiary alicyclic amines) is 1. The van der Waals surface area contributed by atoms with E-state index in [4.69, 9.17) is 4.98 Å². The highest BCUT2D eigenvalue weighted by atomic mass is 16.1. The maximum Gasteiger partial charge on any atom is 0.272 e. The predicted octanol–water partition coefficient (Wildman–Crippen LogP) is 5.43. The Balaban J connectivity index is 1.35. The van der Waals surface area contributed by atoms with Crippen LogP contribution in [0.25, 0.3) is 16.7 Å². The van der Waals surface area contributed by atoms with Crippen LogP contribution in [0.3, 0.4) is 0 Å². The van der Waals surface area contributed by atoms with Gasteiger partial charge in [-0.3, -0.25) is 14.4 Å². The van der Waals surface area contributed by atoms with Crippen LogP contribution < -0.4 is 10.9 Å². The molecule has 0 unspecified atom stereocenters. The van der Waals surface area contributed by atoms with Gasteiger partial charge in [-0.05, 0) is 93.2 Å². The van der Waals surface area contributed by atoms with Crippen LogP contribution in [0.5, 0.6) is 0 Å². The summed E-state index contributed by atoms with van der Waals surface area (Å²) in [6.07, 6.45) is 6.74. The standard InChI is InChI=1S/C32H30N6O/c1-22-14-17-33-29(22)13-10-25-20-26-21-34-32(36-30(26)38(31(25)39)28-6-4-3-5-7-28)35-27-11-8-23(9-12-27)24-15-18-37(2)19-16-24/h3-9,11-12,17,20-21,24H,14-16,18-19H2,1-2H3,(H,34,35,36). The summed E-state index contributed by atoms with van der Waals surface area (Å²) in [4.78, 5) is 29.7. The minimum atomic E-state index is -0.228. The lowest BCUT2D eigenvalue weighted by Gasteiger charge is -2.29. The third-order valence-corrected chi connectivity index (χ3v) is 7.45. The van der Waals surface area contributed by atoms with Gasteiger partial charge in [0, 0.05) is 29.9 Å². The van der Waals surface area contributed by atoms with E-state index in [0.717, 1.165) is 47.5 Å². The maximum absolute atomic E-state index is 13.7. The number of nitrogens with one attached hydrogen (secondary N) is 1. The third-order valence-electron chi connectivity index (χ3n) is 7.45. The minimum Gasteiger partial charge on any atom is -0.324 e. The lowest BCUT2D eigenvalue weighted by Crippen LogP contribution is -2.29. The van der Waals surface area contributed by atoms with Crippen LogP contribution in [0.15, 0.2) is 87.9 Å². The van der Waals surface area contributed by atoms with E-state index >= 15 is 0 Å². The molecule has 0 spiro atoms. The van der Waals surface area contributed by atoms with Gasteiger partial charge in [-0.1, -0.05) is 36.3 Å². The smallest absolute Gasteiger partial charge is 0.272 e. The van der Waals surface area contributed by atoms with Crippen molar-refractivity contribution in [3.8, 4) is 17.5 Å². The second kappa shape index (κ2) is 10.7. The number of allylic oxidation sites excluding steroid dienone is 2. The van der Waals surface area contributed by atoms with E-state index in [-0.39, 0.29) is 5.56 Å². The molecule has 0 saturated carbocycles. The summed E-state index contributed by atoms with van der Waals surface area (Å²) in [5.41, 5.74) is 5.49. The van der Waals surface area contributed by atoms with Gasteiger partial charge in [-0.2, -0.15) is 4.98 Å². The second-order valence-corrected chi connectivity index (χ2v) is 10.2. The summed E-state index contributed by atoms with van der Waals surface area (Å²) in [6, 6.07) is 19.8. The molecule has 0 amide bonds. The van der Waals surface area contributed by atoms with Crippen LogP contribution in [0.4, 0.5) is 11.6 Å². The molecule has 194 valence electrons. The molecule has 7 heteroatoms. The largest absolute Gasteiger partial charge is 0.324 e. The minimum absolute atomic E-state index is 0.228. The van der Waals surface area contributed by atoms with Gasteiger partial charge in [-0.25, -0.2) is 4.98 Å².